The van der Waals surface area contributed by atoms with Gasteiger partial charge in [-0.25, -0.2) is 9.59 Å². The molecule has 11 rings (SSSR count). The van der Waals surface area contributed by atoms with Crippen LogP contribution < -0.4 is 21.1 Å². The van der Waals surface area contributed by atoms with Crippen LogP contribution in [0, 0.1) is 5.92 Å². The van der Waals surface area contributed by atoms with Crippen molar-refractivity contribution in [1.82, 2.24) is 0 Å². The molecule has 0 radical (unpaired) electrons. The van der Waals surface area contributed by atoms with E-state index in [0.717, 1.165) is 67.0 Å². The van der Waals surface area contributed by atoms with Crippen LogP contribution in [0.15, 0.2) is 231 Å². The number of para-hydroxylation sites is 2. The molecule has 62 heavy (non-hydrogen) atoms. The number of nitrogens with zero attached hydrogens (tertiary/aromatic N) is 2. The molecule has 0 saturated heterocycles. The number of allylic oxidation sites excluding steroid dienone is 5. The van der Waals surface area contributed by atoms with Crippen molar-refractivity contribution >= 4 is 61.9 Å². The Morgan fingerprint density at radius 1 is 0.419 bits per heavy atom. The lowest BCUT2D eigenvalue weighted by atomic mass is 9.78. The van der Waals surface area contributed by atoms with Gasteiger partial charge in [0, 0.05) is 56.9 Å². The van der Waals surface area contributed by atoms with Gasteiger partial charge < -0.3 is 18.6 Å². The first-order valence-electron chi connectivity index (χ1n) is 20.7. The van der Waals surface area contributed by atoms with Crippen LogP contribution in [0.4, 0.5) is 34.1 Å². The first kappa shape index (κ1) is 36.8. The van der Waals surface area contributed by atoms with E-state index in [1.54, 1.807) is 0 Å². The average Bonchev–Trinajstić information content (AvgIpc) is 3.33. The Morgan fingerprint density at radius 2 is 0.919 bits per heavy atom. The minimum Gasteiger partial charge on any atom is -0.423 e. The third-order valence-corrected chi connectivity index (χ3v) is 11.9. The molecule has 0 fully saturated rings. The van der Waals surface area contributed by atoms with Gasteiger partial charge in [-0.1, -0.05) is 121 Å². The molecule has 2 aliphatic rings. The van der Waals surface area contributed by atoms with E-state index >= 15 is 0 Å². The number of anilines is 6. The van der Waals surface area contributed by atoms with Crippen LogP contribution in [0.25, 0.3) is 50.1 Å². The van der Waals surface area contributed by atoms with Crippen LogP contribution in [0.3, 0.4) is 0 Å². The summed E-state index contributed by atoms with van der Waals surface area (Å²) in [6, 6.07) is 61.0. The van der Waals surface area contributed by atoms with Gasteiger partial charge in [0.1, 0.15) is 11.3 Å². The summed E-state index contributed by atoms with van der Waals surface area (Å²) in [5, 5.41) is 3.00. The van der Waals surface area contributed by atoms with Crippen molar-refractivity contribution in [1.29, 1.82) is 0 Å². The zero-order chi connectivity index (χ0) is 41.6. The van der Waals surface area contributed by atoms with E-state index in [0.29, 0.717) is 22.5 Å². The summed E-state index contributed by atoms with van der Waals surface area (Å²) in [5.74, 6) is 0.955. The molecular formula is C56H38N2O4. The number of rotatable bonds is 8. The van der Waals surface area contributed by atoms with Crippen molar-refractivity contribution in [3.05, 3.63) is 245 Å². The highest BCUT2D eigenvalue weighted by molar-refractivity contribution is 6.06. The topological polar surface area (TPSA) is 66.9 Å². The Labute approximate surface area is 357 Å². The fraction of sp³-hybridized carbons (Fsp3) is 0.0357. The van der Waals surface area contributed by atoms with Crippen LogP contribution in [0.1, 0.15) is 17.2 Å². The summed E-state index contributed by atoms with van der Waals surface area (Å²) in [6.45, 7) is 0. The van der Waals surface area contributed by atoms with Crippen LogP contribution in [0.5, 0.6) is 0 Å². The normalized spacial score (nSPS) is 15.0. The summed E-state index contributed by atoms with van der Waals surface area (Å²) in [4.78, 5) is 31.3. The fourth-order valence-electron chi connectivity index (χ4n) is 8.86. The van der Waals surface area contributed by atoms with E-state index in [-0.39, 0.29) is 23.1 Å². The summed E-state index contributed by atoms with van der Waals surface area (Å²) >= 11 is 0. The smallest absolute Gasteiger partial charge is 0.344 e. The molecule has 2 unspecified atom stereocenters. The van der Waals surface area contributed by atoms with E-state index < -0.39 is 0 Å². The zero-order valence-electron chi connectivity index (χ0n) is 33.5. The van der Waals surface area contributed by atoms with Gasteiger partial charge in [0.2, 0.25) is 0 Å². The Kier molecular flexibility index (Phi) is 9.16. The van der Waals surface area contributed by atoms with Gasteiger partial charge in [-0.05, 0) is 119 Å². The summed E-state index contributed by atoms with van der Waals surface area (Å²) in [5.41, 5.74) is 9.16. The second-order valence-corrected chi connectivity index (χ2v) is 15.6. The second kappa shape index (κ2) is 15.4. The highest BCUT2D eigenvalue weighted by atomic mass is 16.4. The van der Waals surface area contributed by atoms with Crippen molar-refractivity contribution in [2.75, 3.05) is 9.80 Å². The van der Waals surface area contributed by atoms with Crippen molar-refractivity contribution < 1.29 is 8.83 Å². The minimum absolute atomic E-state index is 0.115. The molecule has 0 amide bonds. The van der Waals surface area contributed by atoms with E-state index in [9.17, 15) is 9.59 Å². The first-order valence-corrected chi connectivity index (χ1v) is 20.7. The maximum absolute atomic E-state index is 13.4. The Morgan fingerprint density at radius 3 is 1.53 bits per heavy atom. The van der Waals surface area contributed by atoms with Crippen LogP contribution in [-0.2, 0) is 0 Å². The lowest BCUT2D eigenvalue weighted by Crippen LogP contribution is -2.16. The van der Waals surface area contributed by atoms with Gasteiger partial charge in [-0.2, -0.15) is 0 Å². The molecule has 296 valence electrons. The molecular weight excluding hydrogens is 765 g/mol. The summed E-state index contributed by atoms with van der Waals surface area (Å²) in [6.07, 6.45) is 12.5. The standard InChI is InChI=1S/C56H38N2O4/c59-55-49(35-51-47-17-9-7-11-37(47)23-33-53(51)61-55)39-19-25-43(26-20-39)58(46-31-29-45(30-32-46)57(41-13-3-1-4-14-41)42-15-5-2-6-16-42)44-27-21-40(22-28-44)50-36-52-48-18-10-8-12-38(48)24-34-54(52)62-56(50)60/h1-37,47H. The van der Waals surface area contributed by atoms with Gasteiger partial charge in [-0.3, -0.25) is 0 Å². The monoisotopic (exact) mass is 802 g/mol. The zero-order valence-corrected chi connectivity index (χ0v) is 33.5. The van der Waals surface area contributed by atoms with Crippen molar-refractivity contribution in [3.8, 4) is 22.3 Å². The molecule has 0 saturated carbocycles. The third-order valence-electron chi connectivity index (χ3n) is 11.9. The van der Waals surface area contributed by atoms with Crippen LogP contribution >= 0.6 is 0 Å². The van der Waals surface area contributed by atoms with Crippen molar-refractivity contribution in [2.45, 2.75) is 5.92 Å². The maximum Gasteiger partial charge on any atom is 0.344 e. The molecule has 9 aromatic rings. The fourth-order valence-corrected chi connectivity index (χ4v) is 8.86. The van der Waals surface area contributed by atoms with E-state index in [1.165, 1.54) is 0 Å². The number of hydrogen-bond donors (Lipinski definition) is 0. The van der Waals surface area contributed by atoms with Crippen LogP contribution in [-0.4, -0.2) is 0 Å². The van der Waals surface area contributed by atoms with Gasteiger partial charge >= 0.3 is 11.3 Å². The molecule has 2 aromatic heterocycles. The number of fused-ring (bicyclic) bond motifs is 6. The van der Waals surface area contributed by atoms with Crippen molar-refractivity contribution in [2.24, 2.45) is 5.92 Å². The van der Waals surface area contributed by atoms with Gasteiger partial charge in [-0.15, -0.1) is 0 Å². The van der Waals surface area contributed by atoms with Gasteiger partial charge in [0.15, 0.2) is 0 Å². The van der Waals surface area contributed by atoms with E-state index in [4.69, 9.17) is 8.83 Å². The average molecular weight is 803 g/mol. The third kappa shape index (κ3) is 6.64. The Hall–Kier alpha value is -8.22. The Balaban J connectivity index is 0.991. The molecule has 6 heteroatoms. The minimum atomic E-state index is -0.390. The largest absolute Gasteiger partial charge is 0.423 e. The quantitative estimate of drug-likeness (QED) is 0.113. The lowest BCUT2D eigenvalue weighted by Gasteiger charge is -2.28. The highest BCUT2D eigenvalue weighted by Gasteiger charge is 2.27. The van der Waals surface area contributed by atoms with Gasteiger partial charge in [0.05, 0.1) is 11.1 Å². The summed E-state index contributed by atoms with van der Waals surface area (Å²) < 4.78 is 11.8. The SMILES string of the molecule is O=c1oc2c(cc1-c1ccc(N(c3ccc(-c4cc5c(ccc6ccccc65)oc4=O)cc3)c3ccc(N(c4ccccc4)c4ccccc4)cc3)cc1)C1C=CC=CC1C=C2. The molecule has 6 nitrogen and oxygen atoms in total. The van der Waals surface area contributed by atoms with E-state index in [2.05, 4.69) is 101 Å². The van der Waals surface area contributed by atoms with E-state index in [1.807, 2.05) is 127 Å². The predicted molar refractivity (Wildman–Crippen MR) is 252 cm³/mol. The second-order valence-electron chi connectivity index (χ2n) is 15.6. The van der Waals surface area contributed by atoms with Gasteiger partial charge in [0.25, 0.3) is 0 Å². The lowest BCUT2D eigenvalue weighted by molar-refractivity contribution is 0.483. The molecule has 0 bridgehead atoms. The molecule has 2 atom stereocenters. The number of hydrogen-bond acceptors (Lipinski definition) is 6. The number of benzene rings is 7. The molecule has 0 aliphatic heterocycles. The molecule has 2 heterocycles. The molecule has 0 spiro atoms. The molecule has 2 aliphatic carbocycles. The predicted octanol–water partition coefficient (Wildman–Crippen LogP) is 14.0. The molecule has 0 N–H and O–H groups in total. The highest BCUT2D eigenvalue weighted by Crippen LogP contribution is 2.42. The van der Waals surface area contributed by atoms with Crippen LogP contribution in [0.2, 0.25) is 0 Å². The summed E-state index contributed by atoms with van der Waals surface area (Å²) in [7, 11) is 0. The molecule has 7 aromatic carbocycles. The first-order chi connectivity index (χ1) is 30.6. The van der Waals surface area contributed by atoms with Crippen molar-refractivity contribution in [3.63, 3.8) is 0 Å². The maximum atomic E-state index is 13.4. The Bertz CT molecular complexity index is 3290.